The zero-order chi connectivity index (χ0) is 21.5. The van der Waals surface area contributed by atoms with Crippen LogP contribution >= 0.6 is 0 Å². The van der Waals surface area contributed by atoms with Crippen LogP contribution in [-0.4, -0.2) is 17.9 Å². The van der Waals surface area contributed by atoms with Gasteiger partial charge < -0.3 is 9.47 Å². The molecule has 0 atom stereocenters. The molecule has 0 bridgehead atoms. The molecule has 0 radical (unpaired) electrons. The van der Waals surface area contributed by atoms with E-state index in [2.05, 4.69) is 108 Å². The first-order chi connectivity index (χ1) is 14.1. The first kappa shape index (κ1) is 20.7. The van der Waals surface area contributed by atoms with Gasteiger partial charge in [0.2, 0.25) is 6.71 Å². The van der Waals surface area contributed by atoms with Crippen LogP contribution in [0.15, 0.2) is 66.7 Å². The Hall–Kier alpha value is -2.52. The Labute approximate surface area is 181 Å². The topological polar surface area (TPSA) is 18.5 Å². The van der Waals surface area contributed by atoms with Crippen molar-refractivity contribution in [3.63, 3.8) is 0 Å². The quantitative estimate of drug-likeness (QED) is 0.465. The zero-order valence-electron chi connectivity index (χ0n) is 19.0. The van der Waals surface area contributed by atoms with Crippen molar-refractivity contribution in [2.24, 2.45) is 0 Å². The van der Waals surface area contributed by atoms with Gasteiger partial charge in [-0.3, -0.25) is 0 Å². The van der Waals surface area contributed by atoms with E-state index in [0.29, 0.717) is 6.61 Å². The van der Waals surface area contributed by atoms with Crippen molar-refractivity contribution in [3.8, 4) is 16.9 Å². The van der Waals surface area contributed by atoms with Crippen molar-refractivity contribution >= 4 is 23.1 Å². The van der Waals surface area contributed by atoms with E-state index in [0.717, 1.165) is 5.75 Å². The normalized spacial score (nSPS) is 13.2. The molecular formula is C27H31BO2. The lowest BCUT2D eigenvalue weighted by Gasteiger charge is -2.28. The lowest BCUT2D eigenvalue weighted by atomic mass is 9.38. The Bertz CT molecular complexity index is 1010. The predicted molar refractivity (Wildman–Crippen MR) is 128 cm³/mol. The second-order valence-corrected chi connectivity index (χ2v) is 10.1. The largest absolute Gasteiger partial charge is 0.489 e. The molecular weight excluding hydrogens is 367 g/mol. The number of rotatable bonds is 4. The van der Waals surface area contributed by atoms with Crippen LogP contribution in [0.2, 0.25) is 0 Å². The second kappa shape index (κ2) is 7.63. The van der Waals surface area contributed by atoms with Crippen LogP contribution in [0.3, 0.4) is 0 Å². The summed E-state index contributed by atoms with van der Waals surface area (Å²) in [5, 5.41) is 0. The minimum absolute atomic E-state index is 0.134. The van der Waals surface area contributed by atoms with Crippen molar-refractivity contribution < 1.29 is 9.47 Å². The van der Waals surface area contributed by atoms with Crippen LogP contribution in [0.5, 0.6) is 5.75 Å². The van der Waals surface area contributed by atoms with E-state index >= 15 is 0 Å². The number of hydrogen-bond donors (Lipinski definition) is 0. The molecule has 0 aromatic heterocycles. The van der Waals surface area contributed by atoms with E-state index in [9.17, 15) is 0 Å². The van der Waals surface area contributed by atoms with Crippen molar-refractivity contribution in [2.45, 2.75) is 59.4 Å². The minimum atomic E-state index is -0.282. The smallest absolute Gasteiger partial charge is 0.248 e. The molecule has 1 aliphatic heterocycles. The molecule has 3 aromatic rings. The minimum Gasteiger partial charge on any atom is -0.489 e. The molecule has 3 aromatic carbocycles. The summed E-state index contributed by atoms with van der Waals surface area (Å²) in [5.41, 5.74) is 7.20. The van der Waals surface area contributed by atoms with Crippen LogP contribution in [0.1, 0.15) is 47.1 Å². The maximum atomic E-state index is 6.49. The average molecular weight is 398 g/mol. The molecule has 0 fully saturated rings. The summed E-state index contributed by atoms with van der Waals surface area (Å²) >= 11 is 0. The van der Waals surface area contributed by atoms with Crippen molar-refractivity contribution in [2.75, 3.05) is 0 Å². The molecule has 1 aliphatic rings. The molecule has 3 heteroatoms. The van der Waals surface area contributed by atoms with E-state index in [-0.39, 0.29) is 17.9 Å². The molecule has 0 unspecified atom stereocenters. The van der Waals surface area contributed by atoms with Gasteiger partial charge in [0.1, 0.15) is 11.4 Å². The van der Waals surface area contributed by atoms with Crippen molar-refractivity contribution in [3.05, 3.63) is 72.3 Å². The number of benzene rings is 3. The van der Waals surface area contributed by atoms with Crippen LogP contribution in [0, 0.1) is 0 Å². The van der Waals surface area contributed by atoms with Crippen molar-refractivity contribution in [1.82, 2.24) is 0 Å². The molecule has 0 amide bonds. The van der Waals surface area contributed by atoms with Gasteiger partial charge in [0, 0.05) is 0 Å². The highest BCUT2D eigenvalue weighted by atomic mass is 16.5. The van der Waals surface area contributed by atoms with Gasteiger partial charge in [-0.2, -0.15) is 0 Å². The van der Waals surface area contributed by atoms with Gasteiger partial charge in [0.25, 0.3) is 0 Å². The number of ether oxygens (including phenoxy) is 2. The predicted octanol–water partition coefficient (Wildman–Crippen LogP) is 4.68. The Kier molecular flexibility index (Phi) is 5.28. The van der Waals surface area contributed by atoms with Gasteiger partial charge in [-0.25, -0.2) is 0 Å². The molecule has 0 aliphatic carbocycles. The lowest BCUT2D eigenvalue weighted by Crippen LogP contribution is -2.51. The number of fused-ring (bicyclic) bond motifs is 3. The Balaban J connectivity index is 1.92. The first-order valence-electron chi connectivity index (χ1n) is 10.8. The fourth-order valence-electron chi connectivity index (χ4n) is 4.22. The monoisotopic (exact) mass is 398 g/mol. The molecule has 2 nitrogen and oxygen atoms in total. The van der Waals surface area contributed by atoms with Crippen LogP contribution in [-0.2, 0) is 11.3 Å². The van der Waals surface area contributed by atoms with Crippen LogP contribution < -0.4 is 21.1 Å². The van der Waals surface area contributed by atoms with Gasteiger partial charge >= 0.3 is 0 Å². The average Bonchev–Trinajstić information content (AvgIpc) is 2.99. The van der Waals surface area contributed by atoms with Crippen LogP contribution in [0.25, 0.3) is 11.1 Å². The maximum absolute atomic E-state index is 6.49. The molecule has 0 saturated carbocycles. The summed E-state index contributed by atoms with van der Waals surface area (Å²) in [5.74, 6) is 0.939. The molecule has 4 rings (SSSR count). The highest BCUT2D eigenvalue weighted by molar-refractivity contribution is 6.99. The molecule has 1 heterocycles. The van der Waals surface area contributed by atoms with Gasteiger partial charge in [0.15, 0.2) is 0 Å². The lowest BCUT2D eigenvalue weighted by molar-refractivity contribution is -0.0147. The SMILES string of the molecule is CC(C)(C)OCc1cccc(OC(C)(C)C)c1B1c2ccccc2-c2ccccc21. The summed E-state index contributed by atoms with van der Waals surface area (Å²) < 4.78 is 12.7. The molecule has 0 N–H and O–H groups in total. The molecule has 30 heavy (non-hydrogen) atoms. The highest BCUT2D eigenvalue weighted by Gasteiger charge is 2.37. The van der Waals surface area contributed by atoms with Gasteiger partial charge in [-0.1, -0.05) is 71.6 Å². The summed E-state index contributed by atoms with van der Waals surface area (Å²) in [6, 6.07) is 23.8. The van der Waals surface area contributed by atoms with E-state index < -0.39 is 0 Å². The zero-order valence-corrected chi connectivity index (χ0v) is 19.0. The van der Waals surface area contributed by atoms with E-state index in [1.807, 2.05) is 0 Å². The van der Waals surface area contributed by atoms with E-state index in [1.54, 1.807) is 0 Å². The second-order valence-electron chi connectivity index (χ2n) is 10.1. The Morgan fingerprint density at radius 1 is 0.667 bits per heavy atom. The molecule has 0 saturated heterocycles. The fraction of sp³-hybridized carbons (Fsp3) is 0.333. The maximum Gasteiger partial charge on any atom is 0.248 e. The summed E-state index contributed by atoms with van der Waals surface area (Å²) in [6.45, 7) is 13.3. The van der Waals surface area contributed by atoms with E-state index in [4.69, 9.17) is 9.47 Å². The first-order valence-corrected chi connectivity index (χ1v) is 10.8. The summed E-state index contributed by atoms with van der Waals surface area (Å²) in [6.07, 6.45) is 0. The van der Waals surface area contributed by atoms with E-state index in [1.165, 1.54) is 33.1 Å². The molecule has 154 valence electrons. The number of hydrogen-bond acceptors (Lipinski definition) is 2. The fourth-order valence-corrected chi connectivity index (χ4v) is 4.22. The Morgan fingerprint density at radius 2 is 1.23 bits per heavy atom. The summed E-state index contributed by atoms with van der Waals surface area (Å²) in [7, 11) is 0. The third-order valence-electron chi connectivity index (χ3n) is 5.36. The third-order valence-corrected chi connectivity index (χ3v) is 5.36. The summed E-state index contributed by atoms with van der Waals surface area (Å²) in [4.78, 5) is 0. The molecule has 0 spiro atoms. The highest BCUT2D eigenvalue weighted by Crippen LogP contribution is 2.27. The van der Waals surface area contributed by atoms with Gasteiger partial charge in [-0.15, -0.1) is 0 Å². The van der Waals surface area contributed by atoms with Gasteiger partial charge in [0.05, 0.1) is 12.2 Å². The van der Waals surface area contributed by atoms with Gasteiger partial charge in [-0.05, 0) is 69.8 Å². The standard InChI is InChI=1S/C27H31BO2/c1-26(2,3)29-18-19-12-11-17-24(30-27(4,5)6)25(19)28-22-15-9-7-13-20(22)21-14-8-10-16-23(21)28/h7-17H,18H2,1-6H3. The third kappa shape index (κ3) is 4.18. The Morgan fingerprint density at radius 3 is 1.77 bits per heavy atom. The van der Waals surface area contributed by atoms with Crippen molar-refractivity contribution in [1.29, 1.82) is 0 Å². The van der Waals surface area contributed by atoms with Crippen LogP contribution in [0.4, 0.5) is 0 Å².